The lowest BCUT2D eigenvalue weighted by Gasteiger charge is -2.11. The number of benzene rings is 1. The summed E-state index contributed by atoms with van der Waals surface area (Å²) in [6.07, 6.45) is 0.997. The summed E-state index contributed by atoms with van der Waals surface area (Å²) < 4.78 is 0. The van der Waals surface area contributed by atoms with Crippen molar-refractivity contribution >= 4 is 23.4 Å². The highest BCUT2D eigenvalue weighted by Gasteiger charge is 2.12. The first-order valence-corrected chi connectivity index (χ1v) is 6.84. The van der Waals surface area contributed by atoms with Gasteiger partial charge in [0.25, 0.3) is 0 Å². The standard InChI is InChI=1S/C13H19NO2S/c1-3-11-4-6-12(7-5-11)14-13(16)10(2)17-9-8-15/h4-7,10,15H,3,8-9H2,1-2H3,(H,14,16). The van der Waals surface area contributed by atoms with E-state index < -0.39 is 0 Å². The van der Waals surface area contributed by atoms with Crippen LogP contribution in [-0.2, 0) is 11.2 Å². The molecular weight excluding hydrogens is 234 g/mol. The van der Waals surface area contributed by atoms with Crippen LogP contribution in [0.5, 0.6) is 0 Å². The largest absolute Gasteiger partial charge is 0.396 e. The molecule has 1 unspecified atom stereocenters. The zero-order valence-electron chi connectivity index (χ0n) is 10.3. The van der Waals surface area contributed by atoms with Gasteiger partial charge in [-0.2, -0.15) is 0 Å². The van der Waals surface area contributed by atoms with Gasteiger partial charge in [-0.15, -0.1) is 11.8 Å². The average Bonchev–Trinajstić information content (AvgIpc) is 2.36. The van der Waals surface area contributed by atoms with E-state index >= 15 is 0 Å². The number of nitrogens with one attached hydrogen (secondary N) is 1. The lowest BCUT2D eigenvalue weighted by molar-refractivity contribution is -0.115. The highest BCUT2D eigenvalue weighted by Crippen LogP contribution is 2.14. The van der Waals surface area contributed by atoms with Crippen molar-refractivity contribution in [1.29, 1.82) is 0 Å². The van der Waals surface area contributed by atoms with Crippen LogP contribution in [0.25, 0.3) is 0 Å². The number of anilines is 1. The lowest BCUT2D eigenvalue weighted by atomic mass is 10.1. The van der Waals surface area contributed by atoms with Gasteiger partial charge in [0, 0.05) is 11.4 Å². The van der Waals surface area contributed by atoms with Gasteiger partial charge in [-0.3, -0.25) is 4.79 Å². The third-order valence-electron chi connectivity index (χ3n) is 2.46. The maximum atomic E-state index is 11.8. The van der Waals surface area contributed by atoms with Crippen LogP contribution in [-0.4, -0.2) is 28.6 Å². The van der Waals surface area contributed by atoms with Gasteiger partial charge in [-0.05, 0) is 31.0 Å². The number of hydrogen-bond acceptors (Lipinski definition) is 3. The fourth-order valence-electron chi connectivity index (χ4n) is 1.37. The molecule has 1 aromatic carbocycles. The molecule has 0 aliphatic heterocycles. The van der Waals surface area contributed by atoms with Gasteiger partial charge in [0.1, 0.15) is 0 Å². The molecule has 3 nitrogen and oxygen atoms in total. The van der Waals surface area contributed by atoms with Crippen LogP contribution in [0.15, 0.2) is 24.3 Å². The predicted molar refractivity (Wildman–Crippen MR) is 73.5 cm³/mol. The molecule has 0 aliphatic rings. The van der Waals surface area contributed by atoms with Crippen LogP contribution in [0.2, 0.25) is 0 Å². The Balaban J connectivity index is 2.49. The van der Waals surface area contributed by atoms with Gasteiger partial charge in [-0.25, -0.2) is 0 Å². The summed E-state index contributed by atoms with van der Waals surface area (Å²) in [5.74, 6) is 0.566. The summed E-state index contributed by atoms with van der Waals surface area (Å²) in [5.41, 5.74) is 2.08. The highest BCUT2D eigenvalue weighted by atomic mass is 32.2. The van der Waals surface area contributed by atoms with E-state index in [9.17, 15) is 4.79 Å². The molecule has 0 saturated heterocycles. The van der Waals surface area contributed by atoms with Crippen LogP contribution in [0, 0.1) is 0 Å². The van der Waals surface area contributed by atoms with E-state index in [0.717, 1.165) is 12.1 Å². The number of aliphatic hydroxyl groups excluding tert-OH is 1. The minimum Gasteiger partial charge on any atom is -0.396 e. The van der Waals surface area contributed by atoms with Gasteiger partial charge < -0.3 is 10.4 Å². The second-order valence-corrected chi connectivity index (χ2v) is 5.23. The molecule has 94 valence electrons. The number of aliphatic hydroxyl groups is 1. The van der Waals surface area contributed by atoms with Crippen molar-refractivity contribution in [2.45, 2.75) is 25.5 Å². The van der Waals surface area contributed by atoms with Crippen molar-refractivity contribution in [3.8, 4) is 0 Å². The predicted octanol–water partition coefficient (Wildman–Crippen LogP) is 2.30. The molecule has 0 radical (unpaired) electrons. The fourth-order valence-corrected chi connectivity index (χ4v) is 2.04. The van der Waals surface area contributed by atoms with E-state index in [0.29, 0.717) is 5.75 Å². The maximum absolute atomic E-state index is 11.8. The zero-order chi connectivity index (χ0) is 12.7. The Hall–Kier alpha value is -1.00. The molecule has 0 bridgehead atoms. The quantitative estimate of drug-likeness (QED) is 0.818. The second kappa shape index (κ2) is 7.35. The molecule has 1 atom stereocenters. The van der Waals surface area contributed by atoms with Crippen LogP contribution >= 0.6 is 11.8 Å². The van der Waals surface area contributed by atoms with Gasteiger partial charge in [0.2, 0.25) is 5.91 Å². The SMILES string of the molecule is CCc1ccc(NC(=O)C(C)SCCO)cc1. The summed E-state index contributed by atoms with van der Waals surface area (Å²) in [6.45, 7) is 4.05. The fraction of sp³-hybridized carbons (Fsp3) is 0.462. The first-order chi connectivity index (χ1) is 8.17. The molecule has 1 amide bonds. The molecule has 1 aromatic rings. The molecule has 0 spiro atoms. The van der Waals surface area contributed by atoms with Crippen molar-refractivity contribution in [3.05, 3.63) is 29.8 Å². The van der Waals surface area contributed by atoms with Gasteiger partial charge in [0.15, 0.2) is 0 Å². The molecule has 0 aromatic heterocycles. The van der Waals surface area contributed by atoms with Gasteiger partial charge in [-0.1, -0.05) is 19.1 Å². The summed E-state index contributed by atoms with van der Waals surface area (Å²) in [4.78, 5) is 11.8. The summed E-state index contributed by atoms with van der Waals surface area (Å²) in [5, 5.41) is 11.4. The highest BCUT2D eigenvalue weighted by molar-refractivity contribution is 8.00. The Labute approximate surface area is 107 Å². The van der Waals surface area contributed by atoms with Crippen LogP contribution in [0.3, 0.4) is 0 Å². The number of aryl methyl sites for hydroxylation is 1. The Kier molecular flexibility index (Phi) is 6.08. The lowest BCUT2D eigenvalue weighted by Crippen LogP contribution is -2.23. The summed E-state index contributed by atoms with van der Waals surface area (Å²) in [6, 6.07) is 7.86. The van der Waals surface area contributed by atoms with Crippen molar-refractivity contribution < 1.29 is 9.90 Å². The molecule has 0 fully saturated rings. The second-order valence-electron chi connectivity index (χ2n) is 3.78. The average molecular weight is 253 g/mol. The molecule has 0 aliphatic carbocycles. The number of thioether (sulfide) groups is 1. The van der Waals surface area contributed by atoms with E-state index in [1.807, 2.05) is 31.2 Å². The first-order valence-electron chi connectivity index (χ1n) is 5.79. The maximum Gasteiger partial charge on any atom is 0.237 e. The van der Waals surface area contributed by atoms with Gasteiger partial charge in [0.05, 0.1) is 11.9 Å². The minimum atomic E-state index is -0.145. The number of carbonyl (C=O) groups excluding carboxylic acids is 1. The molecule has 2 N–H and O–H groups in total. The van der Waals surface area contributed by atoms with Crippen LogP contribution in [0.4, 0.5) is 5.69 Å². The molecule has 0 heterocycles. The van der Waals surface area contributed by atoms with Gasteiger partial charge >= 0.3 is 0 Å². The Morgan fingerprint density at radius 2 is 2.06 bits per heavy atom. The van der Waals surface area contributed by atoms with Crippen LogP contribution < -0.4 is 5.32 Å². The molecule has 4 heteroatoms. The normalized spacial score (nSPS) is 12.2. The van der Waals surface area contributed by atoms with Crippen molar-refractivity contribution in [2.75, 3.05) is 17.7 Å². The van der Waals surface area contributed by atoms with Crippen LogP contribution in [0.1, 0.15) is 19.4 Å². The Morgan fingerprint density at radius 1 is 1.41 bits per heavy atom. The van der Waals surface area contributed by atoms with E-state index in [1.165, 1.54) is 17.3 Å². The number of amides is 1. The topological polar surface area (TPSA) is 49.3 Å². The molecule has 1 rings (SSSR count). The monoisotopic (exact) mass is 253 g/mol. The van der Waals surface area contributed by atoms with Crippen molar-refractivity contribution in [2.24, 2.45) is 0 Å². The number of rotatable bonds is 6. The molecular formula is C13H19NO2S. The summed E-state index contributed by atoms with van der Waals surface area (Å²) in [7, 11) is 0. The van der Waals surface area contributed by atoms with Crippen molar-refractivity contribution in [3.63, 3.8) is 0 Å². The smallest absolute Gasteiger partial charge is 0.237 e. The zero-order valence-corrected chi connectivity index (χ0v) is 11.1. The third kappa shape index (κ3) is 4.79. The van der Waals surface area contributed by atoms with E-state index in [4.69, 9.17) is 5.11 Å². The van der Waals surface area contributed by atoms with E-state index in [-0.39, 0.29) is 17.8 Å². The third-order valence-corrected chi connectivity index (χ3v) is 3.59. The Bertz CT molecular complexity index is 351. The van der Waals surface area contributed by atoms with Crippen molar-refractivity contribution in [1.82, 2.24) is 0 Å². The number of carbonyl (C=O) groups is 1. The minimum absolute atomic E-state index is 0.0206. The number of hydrogen-bond donors (Lipinski definition) is 2. The molecule has 0 saturated carbocycles. The van der Waals surface area contributed by atoms with E-state index in [2.05, 4.69) is 12.2 Å². The summed E-state index contributed by atoms with van der Waals surface area (Å²) >= 11 is 1.45. The first kappa shape index (κ1) is 14.1. The van der Waals surface area contributed by atoms with E-state index in [1.54, 1.807) is 0 Å². The molecule has 17 heavy (non-hydrogen) atoms. The Morgan fingerprint density at radius 3 is 2.59 bits per heavy atom.